The van der Waals surface area contributed by atoms with Crippen molar-refractivity contribution in [3.05, 3.63) is 83.9 Å². The molecule has 0 atom stereocenters. The van der Waals surface area contributed by atoms with Crippen LogP contribution in [0.1, 0.15) is 21.6 Å². The third-order valence-corrected chi connectivity index (χ3v) is 3.83. The van der Waals surface area contributed by atoms with E-state index >= 15 is 0 Å². The van der Waals surface area contributed by atoms with Gasteiger partial charge in [0.15, 0.2) is 0 Å². The third-order valence-electron chi connectivity index (χ3n) is 3.83. The maximum atomic E-state index is 12.8. The first-order chi connectivity index (χ1) is 12.4. The molecule has 1 amide bonds. The SMILES string of the molecule is O=C(NCCc1ccccc1)c1cn(-c2cccc(C(F)(F)F)c2)cn1. The summed E-state index contributed by atoms with van der Waals surface area (Å²) in [5.74, 6) is -0.369. The molecule has 0 aliphatic carbocycles. The molecule has 26 heavy (non-hydrogen) atoms. The predicted molar refractivity (Wildman–Crippen MR) is 91.0 cm³/mol. The smallest absolute Gasteiger partial charge is 0.350 e. The molecular formula is C19H16F3N3O. The highest BCUT2D eigenvalue weighted by Gasteiger charge is 2.30. The Bertz CT molecular complexity index is 888. The molecule has 1 N–H and O–H groups in total. The van der Waals surface area contributed by atoms with Gasteiger partial charge in [-0.15, -0.1) is 0 Å². The normalized spacial score (nSPS) is 11.3. The predicted octanol–water partition coefficient (Wildman–Crippen LogP) is 3.86. The number of carbonyl (C=O) groups excluding carboxylic acids is 1. The van der Waals surface area contributed by atoms with Crippen LogP contribution in [0.25, 0.3) is 5.69 Å². The number of hydrogen-bond acceptors (Lipinski definition) is 2. The van der Waals surface area contributed by atoms with E-state index in [1.165, 1.54) is 29.2 Å². The topological polar surface area (TPSA) is 46.9 Å². The monoisotopic (exact) mass is 359 g/mol. The van der Waals surface area contributed by atoms with Crippen LogP contribution >= 0.6 is 0 Å². The summed E-state index contributed by atoms with van der Waals surface area (Å²) in [7, 11) is 0. The largest absolute Gasteiger partial charge is 0.416 e. The zero-order valence-corrected chi connectivity index (χ0v) is 13.7. The summed E-state index contributed by atoms with van der Waals surface area (Å²) in [5.41, 5.74) is 0.783. The van der Waals surface area contributed by atoms with Gasteiger partial charge in [0.1, 0.15) is 12.0 Å². The Hall–Kier alpha value is -3.09. The van der Waals surface area contributed by atoms with Gasteiger partial charge in [0.2, 0.25) is 0 Å². The molecule has 0 unspecified atom stereocenters. The van der Waals surface area contributed by atoms with Crippen LogP contribution in [0.5, 0.6) is 0 Å². The van der Waals surface area contributed by atoms with Crippen LogP contribution in [-0.4, -0.2) is 22.0 Å². The summed E-state index contributed by atoms with van der Waals surface area (Å²) < 4.78 is 39.8. The number of rotatable bonds is 5. The molecule has 1 heterocycles. The Kier molecular flexibility index (Phi) is 5.06. The second-order valence-electron chi connectivity index (χ2n) is 5.71. The third kappa shape index (κ3) is 4.30. The van der Waals surface area contributed by atoms with Gasteiger partial charge >= 0.3 is 6.18 Å². The molecule has 2 aromatic carbocycles. The fourth-order valence-electron chi connectivity index (χ4n) is 2.48. The fraction of sp³-hybridized carbons (Fsp3) is 0.158. The van der Waals surface area contributed by atoms with Crippen molar-refractivity contribution in [3.8, 4) is 5.69 Å². The Balaban J connectivity index is 1.65. The van der Waals surface area contributed by atoms with E-state index in [4.69, 9.17) is 0 Å². The van der Waals surface area contributed by atoms with Crippen molar-refractivity contribution in [2.24, 2.45) is 0 Å². The van der Waals surface area contributed by atoms with Gasteiger partial charge in [0, 0.05) is 18.4 Å². The molecule has 1 aromatic heterocycles. The lowest BCUT2D eigenvalue weighted by atomic mass is 10.1. The highest BCUT2D eigenvalue weighted by atomic mass is 19.4. The maximum Gasteiger partial charge on any atom is 0.416 e. The second-order valence-corrected chi connectivity index (χ2v) is 5.71. The van der Waals surface area contributed by atoms with Crippen LogP contribution < -0.4 is 5.32 Å². The van der Waals surface area contributed by atoms with E-state index in [9.17, 15) is 18.0 Å². The summed E-state index contributed by atoms with van der Waals surface area (Å²) in [6.45, 7) is 0.444. The van der Waals surface area contributed by atoms with Gasteiger partial charge in [-0.1, -0.05) is 36.4 Å². The number of imidazole rings is 1. The number of benzene rings is 2. The lowest BCUT2D eigenvalue weighted by Gasteiger charge is -2.08. The molecule has 7 heteroatoms. The number of amides is 1. The van der Waals surface area contributed by atoms with Crippen molar-refractivity contribution in [3.63, 3.8) is 0 Å². The quantitative estimate of drug-likeness (QED) is 0.752. The first-order valence-corrected chi connectivity index (χ1v) is 7.97. The number of carbonyl (C=O) groups is 1. The minimum atomic E-state index is -4.42. The second kappa shape index (κ2) is 7.43. The number of nitrogens with zero attached hydrogens (tertiary/aromatic N) is 2. The molecule has 0 aliphatic heterocycles. The minimum Gasteiger partial charge on any atom is -0.350 e. The fourth-order valence-corrected chi connectivity index (χ4v) is 2.48. The Morgan fingerprint density at radius 2 is 1.85 bits per heavy atom. The molecule has 3 aromatic rings. The number of aromatic nitrogens is 2. The molecule has 134 valence electrons. The summed E-state index contributed by atoms with van der Waals surface area (Å²) in [6.07, 6.45) is -1.01. The van der Waals surface area contributed by atoms with E-state index < -0.39 is 11.7 Å². The Labute approximate surface area is 148 Å². The van der Waals surface area contributed by atoms with Gasteiger partial charge in [0.05, 0.1) is 5.56 Å². The lowest BCUT2D eigenvalue weighted by molar-refractivity contribution is -0.137. The maximum absolute atomic E-state index is 12.8. The molecule has 0 radical (unpaired) electrons. The summed E-state index contributed by atoms with van der Waals surface area (Å²) >= 11 is 0. The van der Waals surface area contributed by atoms with Crippen molar-refractivity contribution in [1.82, 2.24) is 14.9 Å². The summed E-state index contributed by atoms with van der Waals surface area (Å²) in [4.78, 5) is 16.1. The van der Waals surface area contributed by atoms with E-state index in [0.717, 1.165) is 17.7 Å². The van der Waals surface area contributed by atoms with Gasteiger partial charge in [-0.05, 0) is 30.2 Å². The average molecular weight is 359 g/mol. The van der Waals surface area contributed by atoms with Crippen molar-refractivity contribution < 1.29 is 18.0 Å². The number of alkyl halides is 3. The molecule has 0 bridgehead atoms. The van der Waals surface area contributed by atoms with Crippen LogP contribution in [-0.2, 0) is 12.6 Å². The van der Waals surface area contributed by atoms with Crippen molar-refractivity contribution >= 4 is 5.91 Å². The van der Waals surface area contributed by atoms with Crippen molar-refractivity contribution in [2.75, 3.05) is 6.54 Å². The number of halogens is 3. The van der Waals surface area contributed by atoms with E-state index in [1.807, 2.05) is 30.3 Å². The molecule has 0 aliphatic rings. The molecule has 4 nitrogen and oxygen atoms in total. The first-order valence-electron chi connectivity index (χ1n) is 7.97. The van der Waals surface area contributed by atoms with Gasteiger partial charge < -0.3 is 9.88 Å². The average Bonchev–Trinajstić information content (AvgIpc) is 3.12. The van der Waals surface area contributed by atoms with Gasteiger partial charge in [-0.25, -0.2) is 4.98 Å². The van der Waals surface area contributed by atoms with Crippen molar-refractivity contribution in [1.29, 1.82) is 0 Å². The molecular weight excluding hydrogens is 343 g/mol. The molecule has 0 fully saturated rings. The molecule has 3 rings (SSSR count). The highest BCUT2D eigenvalue weighted by molar-refractivity contribution is 5.92. The summed E-state index contributed by atoms with van der Waals surface area (Å²) in [5, 5.41) is 2.75. The van der Waals surface area contributed by atoms with E-state index in [-0.39, 0.29) is 17.3 Å². The van der Waals surface area contributed by atoms with Crippen LogP contribution in [0, 0.1) is 0 Å². The highest BCUT2D eigenvalue weighted by Crippen LogP contribution is 2.30. The zero-order chi connectivity index (χ0) is 18.6. The number of hydrogen-bond donors (Lipinski definition) is 1. The Morgan fingerprint density at radius 1 is 1.08 bits per heavy atom. The van der Waals surface area contributed by atoms with Crippen molar-refractivity contribution in [2.45, 2.75) is 12.6 Å². The van der Waals surface area contributed by atoms with Crippen LogP contribution in [0.4, 0.5) is 13.2 Å². The molecule has 0 saturated heterocycles. The van der Waals surface area contributed by atoms with E-state index in [0.29, 0.717) is 13.0 Å². The van der Waals surface area contributed by atoms with Gasteiger partial charge in [0.25, 0.3) is 5.91 Å². The van der Waals surface area contributed by atoms with Crippen LogP contribution in [0.15, 0.2) is 67.1 Å². The van der Waals surface area contributed by atoms with Gasteiger partial charge in [-0.3, -0.25) is 4.79 Å². The van der Waals surface area contributed by atoms with Crippen LogP contribution in [0.2, 0.25) is 0 Å². The minimum absolute atomic E-state index is 0.149. The molecule has 0 saturated carbocycles. The van der Waals surface area contributed by atoms with E-state index in [1.54, 1.807) is 0 Å². The van der Waals surface area contributed by atoms with Crippen LogP contribution in [0.3, 0.4) is 0 Å². The Morgan fingerprint density at radius 3 is 2.58 bits per heavy atom. The molecule has 0 spiro atoms. The zero-order valence-electron chi connectivity index (χ0n) is 13.7. The standard InChI is InChI=1S/C19H16F3N3O/c20-19(21,22)15-7-4-8-16(11-15)25-12-17(24-13-25)18(26)23-10-9-14-5-2-1-3-6-14/h1-8,11-13H,9-10H2,(H,23,26). The van der Waals surface area contributed by atoms with Gasteiger partial charge in [-0.2, -0.15) is 13.2 Å². The lowest BCUT2D eigenvalue weighted by Crippen LogP contribution is -2.25. The van der Waals surface area contributed by atoms with E-state index in [2.05, 4.69) is 10.3 Å². The first kappa shape index (κ1) is 17.7. The number of nitrogens with one attached hydrogen (secondary N) is 1. The summed E-state index contributed by atoms with van der Waals surface area (Å²) in [6, 6.07) is 14.6.